The summed E-state index contributed by atoms with van der Waals surface area (Å²) < 4.78 is 39.7. The Morgan fingerprint density at radius 1 is 1.36 bits per heavy atom. The highest BCUT2D eigenvalue weighted by Crippen LogP contribution is 2.36. The number of fused-ring (bicyclic) bond motifs is 1. The van der Waals surface area contributed by atoms with Crippen LogP contribution in [0.25, 0.3) is 0 Å². The normalized spacial score (nSPS) is 18.1. The van der Waals surface area contributed by atoms with E-state index in [0.29, 0.717) is 0 Å². The molecule has 8 heteroatoms. The molecule has 4 nitrogen and oxygen atoms in total. The number of aryl methyl sites for hydroxylation is 1. The van der Waals surface area contributed by atoms with Gasteiger partial charge in [-0.05, 0) is 25.3 Å². The number of hydrogen-bond donors (Lipinski definition) is 1. The zero-order valence-corrected chi connectivity index (χ0v) is 12.5. The number of alkyl halides is 3. The van der Waals surface area contributed by atoms with Crippen LogP contribution in [0, 0.1) is 0 Å². The molecule has 1 aliphatic carbocycles. The molecule has 1 unspecified atom stereocenters. The summed E-state index contributed by atoms with van der Waals surface area (Å²) in [4.78, 5) is 3.83. The molecule has 0 aromatic carbocycles. The van der Waals surface area contributed by atoms with Gasteiger partial charge >= 0.3 is 6.18 Å². The van der Waals surface area contributed by atoms with Crippen molar-refractivity contribution in [2.45, 2.75) is 31.5 Å². The molecule has 0 saturated carbocycles. The lowest BCUT2D eigenvalue weighted by molar-refractivity contribution is -0.137. The summed E-state index contributed by atoms with van der Waals surface area (Å²) in [5, 5.41) is 7.33. The number of halogens is 4. The Bertz CT molecular complexity index is 696. The van der Waals surface area contributed by atoms with Gasteiger partial charge in [-0.25, -0.2) is 4.98 Å². The van der Waals surface area contributed by atoms with Gasteiger partial charge in [0.2, 0.25) is 0 Å². The third-order valence-corrected chi connectivity index (χ3v) is 4.14. The maximum absolute atomic E-state index is 12.6. The average molecular weight is 331 g/mol. The van der Waals surface area contributed by atoms with Gasteiger partial charge in [0.1, 0.15) is 5.82 Å². The summed E-state index contributed by atoms with van der Waals surface area (Å²) >= 11 is 5.94. The molecule has 1 atom stereocenters. The first-order chi connectivity index (χ1) is 10.4. The van der Waals surface area contributed by atoms with Crippen LogP contribution >= 0.6 is 11.6 Å². The smallest absolute Gasteiger partial charge is 0.362 e. The molecule has 0 amide bonds. The number of hydrogen-bond acceptors (Lipinski definition) is 3. The van der Waals surface area contributed by atoms with Crippen molar-refractivity contribution in [3.05, 3.63) is 40.3 Å². The maximum Gasteiger partial charge on any atom is 0.417 e. The second-order valence-electron chi connectivity index (χ2n) is 5.31. The summed E-state index contributed by atoms with van der Waals surface area (Å²) in [7, 11) is 1.88. The number of rotatable bonds is 2. The molecular weight excluding hydrogens is 317 g/mol. The van der Waals surface area contributed by atoms with Crippen LogP contribution in [0.4, 0.5) is 19.0 Å². The van der Waals surface area contributed by atoms with Gasteiger partial charge < -0.3 is 5.32 Å². The molecule has 0 fully saturated rings. The number of nitrogens with zero attached hydrogens (tertiary/aromatic N) is 3. The van der Waals surface area contributed by atoms with E-state index in [-0.39, 0.29) is 16.9 Å². The van der Waals surface area contributed by atoms with Crippen molar-refractivity contribution < 1.29 is 13.2 Å². The molecule has 0 spiro atoms. The fourth-order valence-corrected chi connectivity index (χ4v) is 2.94. The Labute approximate surface area is 130 Å². The minimum Gasteiger partial charge on any atom is -0.362 e. The Morgan fingerprint density at radius 3 is 2.82 bits per heavy atom. The molecule has 1 N–H and O–H groups in total. The summed E-state index contributed by atoms with van der Waals surface area (Å²) in [6.07, 6.45) is 0.903. The van der Waals surface area contributed by atoms with Crippen molar-refractivity contribution in [1.82, 2.24) is 14.8 Å². The van der Waals surface area contributed by atoms with Gasteiger partial charge in [0, 0.05) is 24.5 Å². The van der Waals surface area contributed by atoms with Crippen molar-refractivity contribution in [1.29, 1.82) is 0 Å². The average Bonchev–Trinajstić information content (AvgIpc) is 2.83. The molecule has 0 bridgehead atoms. The minimum atomic E-state index is -4.45. The lowest BCUT2D eigenvalue weighted by Gasteiger charge is -2.24. The van der Waals surface area contributed by atoms with Crippen LogP contribution in [0.3, 0.4) is 0 Å². The number of pyridine rings is 1. The van der Waals surface area contributed by atoms with Gasteiger partial charge in [-0.2, -0.15) is 18.3 Å². The van der Waals surface area contributed by atoms with Crippen molar-refractivity contribution in [3.8, 4) is 0 Å². The Kier molecular flexibility index (Phi) is 3.76. The molecule has 0 saturated heterocycles. The molecule has 3 rings (SSSR count). The Hall–Kier alpha value is -1.76. The molecule has 2 aromatic heterocycles. The zero-order valence-electron chi connectivity index (χ0n) is 11.8. The highest BCUT2D eigenvalue weighted by atomic mass is 35.5. The van der Waals surface area contributed by atoms with E-state index in [1.54, 1.807) is 6.20 Å². The van der Waals surface area contributed by atoms with Crippen LogP contribution < -0.4 is 5.32 Å². The van der Waals surface area contributed by atoms with Crippen LogP contribution in [0.1, 0.15) is 35.7 Å². The molecule has 22 heavy (non-hydrogen) atoms. The summed E-state index contributed by atoms with van der Waals surface area (Å²) in [5.41, 5.74) is 1.33. The molecule has 2 heterocycles. The molecule has 0 aliphatic heterocycles. The Morgan fingerprint density at radius 2 is 2.14 bits per heavy atom. The second-order valence-corrected chi connectivity index (χ2v) is 5.72. The van der Waals surface area contributed by atoms with E-state index in [4.69, 9.17) is 11.6 Å². The standard InChI is InChI=1S/C14H14ClF3N4/c1-22-12-4-2-3-11(9(12)7-20-22)21-13-10(15)5-8(6-19-13)14(16,17)18/h5-7,11H,2-4H2,1H3,(H,19,21). The number of aromatic nitrogens is 3. The van der Waals surface area contributed by atoms with Crippen LogP contribution in [0.5, 0.6) is 0 Å². The molecule has 0 radical (unpaired) electrons. The van der Waals surface area contributed by atoms with Crippen molar-refractivity contribution in [2.24, 2.45) is 7.05 Å². The first-order valence-corrected chi connectivity index (χ1v) is 7.24. The predicted octanol–water partition coefficient (Wildman–Crippen LogP) is 3.98. The van der Waals surface area contributed by atoms with E-state index in [1.807, 2.05) is 11.7 Å². The van der Waals surface area contributed by atoms with Crippen LogP contribution in [0.2, 0.25) is 5.02 Å². The van der Waals surface area contributed by atoms with Gasteiger partial charge in [0.25, 0.3) is 0 Å². The SMILES string of the molecule is Cn1ncc2c1CCCC2Nc1ncc(C(F)(F)F)cc1Cl. The highest BCUT2D eigenvalue weighted by Gasteiger charge is 2.32. The van der Waals surface area contributed by atoms with Crippen molar-refractivity contribution in [2.75, 3.05) is 5.32 Å². The van der Waals surface area contributed by atoms with Gasteiger partial charge in [-0.1, -0.05) is 11.6 Å². The summed E-state index contributed by atoms with van der Waals surface area (Å²) in [5.74, 6) is 0.261. The van der Waals surface area contributed by atoms with Gasteiger partial charge in [0.15, 0.2) is 0 Å². The van der Waals surface area contributed by atoms with Crippen LogP contribution in [-0.4, -0.2) is 14.8 Å². The van der Waals surface area contributed by atoms with E-state index in [1.165, 1.54) is 0 Å². The molecule has 2 aromatic rings. The minimum absolute atomic E-state index is 0.0363. The lowest BCUT2D eigenvalue weighted by Crippen LogP contribution is -2.18. The van der Waals surface area contributed by atoms with Crippen molar-refractivity contribution >= 4 is 17.4 Å². The van der Waals surface area contributed by atoms with E-state index in [2.05, 4.69) is 15.4 Å². The monoisotopic (exact) mass is 330 g/mol. The first kappa shape index (κ1) is 15.1. The topological polar surface area (TPSA) is 42.7 Å². The quantitative estimate of drug-likeness (QED) is 0.905. The number of anilines is 1. The third kappa shape index (κ3) is 2.77. The third-order valence-electron chi connectivity index (χ3n) is 3.86. The molecule has 1 aliphatic rings. The summed E-state index contributed by atoms with van der Waals surface area (Å²) in [6.45, 7) is 0. The maximum atomic E-state index is 12.6. The number of nitrogens with one attached hydrogen (secondary N) is 1. The predicted molar refractivity (Wildman–Crippen MR) is 76.8 cm³/mol. The fraction of sp³-hybridized carbons (Fsp3) is 0.429. The van der Waals surface area contributed by atoms with Crippen LogP contribution in [-0.2, 0) is 19.6 Å². The van der Waals surface area contributed by atoms with E-state index >= 15 is 0 Å². The van der Waals surface area contributed by atoms with Crippen molar-refractivity contribution in [3.63, 3.8) is 0 Å². The molecular formula is C14H14ClF3N4. The largest absolute Gasteiger partial charge is 0.417 e. The lowest BCUT2D eigenvalue weighted by atomic mass is 9.93. The fourth-order valence-electron chi connectivity index (χ4n) is 2.72. The van der Waals surface area contributed by atoms with E-state index in [9.17, 15) is 13.2 Å². The molecule has 118 valence electrons. The highest BCUT2D eigenvalue weighted by molar-refractivity contribution is 6.33. The van der Waals surface area contributed by atoms with Crippen LogP contribution in [0.15, 0.2) is 18.5 Å². The second kappa shape index (κ2) is 5.46. The zero-order chi connectivity index (χ0) is 15.9. The first-order valence-electron chi connectivity index (χ1n) is 6.86. The summed E-state index contributed by atoms with van der Waals surface area (Å²) in [6, 6.07) is 0.850. The van der Waals surface area contributed by atoms with Gasteiger partial charge in [-0.15, -0.1) is 0 Å². The van der Waals surface area contributed by atoms with Gasteiger partial charge in [-0.3, -0.25) is 4.68 Å². The van der Waals surface area contributed by atoms with E-state index in [0.717, 1.165) is 42.8 Å². The van der Waals surface area contributed by atoms with Gasteiger partial charge in [0.05, 0.1) is 22.8 Å². The van der Waals surface area contributed by atoms with E-state index < -0.39 is 11.7 Å². The Balaban J connectivity index is 1.85.